The molecule has 0 amide bonds. The molecule has 4 aliphatic rings. The van der Waals surface area contributed by atoms with Crippen molar-refractivity contribution in [2.24, 2.45) is 0 Å². The third-order valence-corrected chi connectivity index (χ3v) is 20.3. The van der Waals surface area contributed by atoms with Gasteiger partial charge >= 0.3 is 0 Å². The van der Waals surface area contributed by atoms with Gasteiger partial charge in [0.2, 0.25) is 0 Å². The standard InChI is InChI=1S/C85H60N2O/c1-83(2)68-35-17-12-32-62(68)67-50-55(44-47-70(67)83)86(75-38-20-14-28-58(75)53-24-7-5-8-25-53)56-43-46-65-74(51-56)85(72-48-49-79-81(80(65)72)66-33-16-22-41-78(66)88-79)71-37-19-13-30-60(71)63-45-42-57(52-73(63)85)87(76-39-21-15-29-59(76)54-26-9-6-10-27-54)77-40-23-34-64-61-31-11-18-36-69(61)84(3,4)82(64)77/h5-52H,1-4H3. The van der Waals surface area contributed by atoms with Gasteiger partial charge in [0.1, 0.15) is 11.2 Å². The smallest absolute Gasteiger partial charge is 0.136 e. The molecule has 14 aromatic rings. The third-order valence-electron chi connectivity index (χ3n) is 20.3. The van der Waals surface area contributed by atoms with Gasteiger partial charge in [-0.2, -0.15) is 0 Å². The van der Waals surface area contributed by atoms with E-state index in [1.807, 2.05) is 0 Å². The van der Waals surface area contributed by atoms with Crippen LogP contribution in [0.15, 0.2) is 296 Å². The maximum Gasteiger partial charge on any atom is 0.136 e. The van der Waals surface area contributed by atoms with E-state index in [2.05, 4.69) is 329 Å². The molecular weight excluding hydrogens is 1060 g/mol. The second-order valence-electron chi connectivity index (χ2n) is 25.4. The minimum atomic E-state index is -0.778. The maximum absolute atomic E-state index is 6.85. The highest BCUT2D eigenvalue weighted by molar-refractivity contribution is 6.16. The van der Waals surface area contributed by atoms with Crippen LogP contribution in [-0.4, -0.2) is 0 Å². The van der Waals surface area contributed by atoms with Crippen LogP contribution >= 0.6 is 0 Å². The summed E-state index contributed by atoms with van der Waals surface area (Å²) in [6, 6.07) is 109. The lowest BCUT2D eigenvalue weighted by molar-refractivity contribution is 0.660. The predicted molar refractivity (Wildman–Crippen MR) is 365 cm³/mol. The zero-order valence-electron chi connectivity index (χ0n) is 49.5. The van der Waals surface area contributed by atoms with E-state index in [1.165, 1.54) is 100 Å². The minimum Gasteiger partial charge on any atom is -0.456 e. The highest BCUT2D eigenvalue weighted by Gasteiger charge is 2.53. The van der Waals surface area contributed by atoms with Crippen LogP contribution in [0.1, 0.15) is 72.2 Å². The molecule has 3 heteroatoms. The average molecular weight is 1130 g/mol. The van der Waals surface area contributed by atoms with Crippen molar-refractivity contribution in [3.8, 4) is 66.8 Å². The van der Waals surface area contributed by atoms with E-state index in [9.17, 15) is 0 Å². The summed E-state index contributed by atoms with van der Waals surface area (Å²) < 4.78 is 6.85. The van der Waals surface area contributed by atoms with Gasteiger partial charge in [0.15, 0.2) is 0 Å². The molecule has 18 rings (SSSR count). The number of rotatable bonds is 8. The van der Waals surface area contributed by atoms with Crippen LogP contribution in [0.3, 0.4) is 0 Å². The van der Waals surface area contributed by atoms with Crippen molar-refractivity contribution in [1.29, 1.82) is 0 Å². The molecule has 0 N–H and O–H groups in total. The Morgan fingerprint density at radius 2 is 0.727 bits per heavy atom. The van der Waals surface area contributed by atoms with Gasteiger partial charge in [0, 0.05) is 49.8 Å². The van der Waals surface area contributed by atoms with E-state index >= 15 is 0 Å². The van der Waals surface area contributed by atoms with Crippen LogP contribution in [0.4, 0.5) is 34.1 Å². The van der Waals surface area contributed by atoms with Crippen molar-refractivity contribution in [2.45, 2.75) is 43.9 Å². The van der Waals surface area contributed by atoms with Gasteiger partial charge < -0.3 is 14.2 Å². The molecule has 1 atom stereocenters. The Hall–Kier alpha value is -10.7. The number of nitrogens with zero attached hydrogens (tertiary/aromatic N) is 2. The van der Waals surface area contributed by atoms with E-state index in [1.54, 1.807) is 0 Å². The summed E-state index contributed by atoms with van der Waals surface area (Å²) in [7, 11) is 0. The number of anilines is 6. The van der Waals surface area contributed by atoms with Gasteiger partial charge in [-0.15, -0.1) is 0 Å². The van der Waals surface area contributed by atoms with Gasteiger partial charge in [0.05, 0.1) is 22.5 Å². The molecular formula is C85H60N2O. The molecule has 1 aromatic heterocycles. The van der Waals surface area contributed by atoms with Crippen LogP contribution in [0, 0.1) is 0 Å². The summed E-state index contributed by atoms with van der Waals surface area (Å²) in [5.41, 5.74) is 32.3. The third kappa shape index (κ3) is 6.90. The Kier molecular flexibility index (Phi) is 10.7. The maximum atomic E-state index is 6.85. The lowest BCUT2D eigenvalue weighted by Crippen LogP contribution is -2.27. The molecule has 1 unspecified atom stereocenters. The fourth-order valence-corrected chi connectivity index (χ4v) is 16.5. The molecule has 1 heterocycles. The molecule has 0 saturated carbocycles. The van der Waals surface area contributed by atoms with Crippen molar-refractivity contribution >= 4 is 56.1 Å². The SMILES string of the molecule is CC1(C)c2ccccc2-c2cc(N(c3ccc4c(c3)C3(c5ccccc5-c5ccc(N(c6ccccc6-c6ccccc6)c6cccc7c6C(C)(C)c6ccccc6-7)cc53)c3ccc5oc6ccccc6c5c3-4)c3ccccc3-c3ccccc3)ccc21. The molecule has 4 aliphatic carbocycles. The summed E-state index contributed by atoms with van der Waals surface area (Å²) in [5, 5.41) is 2.26. The van der Waals surface area contributed by atoms with Crippen LogP contribution in [0.25, 0.3) is 88.7 Å². The Balaban J connectivity index is 0.938. The molecule has 13 aromatic carbocycles. The molecule has 416 valence electrons. The fraction of sp³-hybridized carbons (Fsp3) is 0.0824. The van der Waals surface area contributed by atoms with Gasteiger partial charge in [0.25, 0.3) is 0 Å². The zero-order valence-corrected chi connectivity index (χ0v) is 49.5. The van der Waals surface area contributed by atoms with Crippen molar-refractivity contribution in [3.63, 3.8) is 0 Å². The number of hydrogen-bond donors (Lipinski definition) is 0. The highest BCUT2D eigenvalue weighted by Crippen LogP contribution is 2.66. The largest absolute Gasteiger partial charge is 0.456 e. The fourth-order valence-electron chi connectivity index (χ4n) is 16.5. The van der Waals surface area contributed by atoms with Crippen molar-refractivity contribution in [1.82, 2.24) is 0 Å². The highest BCUT2D eigenvalue weighted by atomic mass is 16.3. The van der Waals surface area contributed by atoms with Crippen LogP contribution in [0.5, 0.6) is 0 Å². The molecule has 0 fully saturated rings. The predicted octanol–water partition coefficient (Wildman–Crippen LogP) is 22.8. The quantitative estimate of drug-likeness (QED) is 0.151. The summed E-state index contributed by atoms with van der Waals surface area (Å²) in [6.45, 7) is 9.55. The van der Waals surface area contributed by atoms with E-state index in [0.717, 1.165) is 67.1 Å². The molecule has 0 bridgehead atoms. The number of para-hydroxylation sites is 3. The normalized spacial score (nSPS) is 15.5. The average Bonchev–Trinajstić information content (AvgIpc) is 1.51. The number of hydrogen-bond acceptors (Lipinski definition) is 3. The first kappa shape index (κ1) is 50.6. The second kappa shape index (κ2) is 18.6. The topological polar surface area (TPSA) is 19.6 Å². The first-order chi connectivity index (χ1) is 43.2. The Bertz CT molecular complexity index is 5240. The van der Waals surface area contributed by atoms with Crippen LogP contribution in [-0.2, 0) is 16.2 Å². The minimum absolute atomic E-state index is 0.144. The summed E-state index contributed by atoms with van der Waals surface area (Å²) in [6.07, 6.45) is 0. The number of furan rings is 1. The molecule has 0 saturated heterocycles. The Morgan fingerprint density at radius 1 is 0.273 bits per heavy atom. The van der Waals surface area contributed by atoms with E-state index in [4.69, 9.17) is 4.42 Å². The van der Waals surface area contributed by atoms with Crippen molar-refractivity contribution in [3.05, 3.63) is 336 Å². The van der Waals surface area contributed by atoms with Gasteiger partial charge in [-0.05, 0) is 167 Å². The van der Waals surface area contributed by atoms with E-state index < -0.39 is 5.41 Å². The lowest BCUT2D eigenvalue weighted by atomic mass is 9.70. The lowest BCUT2D eigenvalue weighted by Gasteiger charge is -2.35. The summed E-state index contributed by atoms with van der Waals surface area (Å²) in [5.74, 6) is 0. The van der Waals surface area contributed by atoms with E-state index in [0.29, 0.717) is 0 Å². The van der Waals surface area contributed by atoms with Gasteiger partial charge in [-0.3, -0.25) is 0 Å². The Morgan fingerprint density at radius 3 is 1.42 bits per heavy atom. The number of fused-ring (bicyclic) bond motifs is 20. The van der Waals surface area contributed by atoms with Gasteiger partial charge in [-0.25, -0.2) is 0 Å². The molecule has 1 spiro atoms. The Labute approximate surface area is 513 Å². The monoisotopic (exact) mass is 1120 g/mol. The molecule has 0 radical (unpaired) electrons. The second-order valence-corrected chi connectivity index (χ2v) is 25.4. The summed E-state index contributed by atoms with van der Waals surface area (Å²) >= 11 is 0. The van der Waals surface area contributed by atoms with Gasteiger partial charge in [-0.1, -0.05) is 252 Å². The first-order valence-electron chi connectivity index (χ1n) is 30.9. The molecule has 88 heavy (non-hydrogen) atoms. The summed E-state index contributed by atoms with van der Waals surface area (Å²) in [4.78, 5) is 5.12. The number of benzene rings is 13. The van der Waals surface area contributed by atoms with E-state index in [-0.39, 0.29) is 10.8 Å². The van der Waals surface area contributed by atoms with Crippen molar-refractivity contribution < 1.29 is 4.42 Å². The first-order valence-corrected chi connectivity index (χ1v) is 30.9. The zero-order chi connectivity index (χ0) is 58.6. The van der Waals surface area contributed by atoms with Crippen LogP contribution < -0.4 is 9.80 Å². The van der Waals surface area contributed by atoms with Crippen LogP contribution in [0.2, 0.25) is 0 Å². The molecule has 0 aliphatic heterocycles. The molecule has 3 nitrogen and oxygen atoms in total. The van der Waals surface area contributed by atoms with Crippen molar-refractivity contribution in [2.75, 3.05) is 9.80 Å².